The van der Waals surface area contributed by atoms with Crippen molar-refractivity contribution in [1.29, 1.82) is 0 Å². The number of halogens is 3. The number of carbonyl (C=O) groups is 2. The third kappa shape index (κ3) is 4.54. The van der Waals surface area contributed by atoms with Crippen LogP contribution in [-0.2, 0) is 17.9 Å². The minimum absolute atomic E-state index is 0.0147. The molecule has 0 aromatic carbocycles. The predicted octanol–water partition coefficient (Wildman–Crippen LogP) is 0.365. The van der Waals surface area contributed by atoms with E-state index in [1.807, 2.05) is 0 Å². The van der Waals surface area contributed by atoms with E-state index >= 15 is 0 Å². The number of rotatable bonds is 6. The zero-order valence-corrected chi connectivity index (χ0v) is 16.8. The molecule has 11 nitrogen and oxygen atoms in total. The average molecular weight is 452 g/mol. The largest absolute Gasteiger partial charge is 0.393 e. The zero-order chi connectivity index (χ0) is 22.9. The van der Waals surface area contributed by atoms with Crippen molar-refractivity contribution in [3.05, 3.63) is 41.1 Å². The van der Waals surface area contributed by atoms with Crippen molar-refractivity contribution >= 4 is 17.5 Å². The summed E-state index contributed by atoms with van der Waals surface area (Å²) >= 11 is 0. The number of imidazole rings is 1. The van der Waals surface area contributed by atoms with Gasteiger partial charge in [-0.05, 0) is 23.7 Å². The van der Waals surface area contributed by atoms with Crippen LogP contribution >= 0.6 is 0 Å². The first-order valence-corrected chi connectivity index (χ1v) is 9.68. The number of aryl methyl sites for hydroxylation is 1. The lowest BCUT2D eigenvalue weighted by Gasteiger charge is -2.20. The van der Waals surface area contributed by atoms with Crippen LogP contribution in [0.5, 0.6) is 0 Å². The molecule has 0 spiro atoms. The third-order valence-electron chi connectivity index (χ3n) is 5.16. The number of carbonyl (C=O) groups excluding carboxylic acids is 2. The SMILES string of the molecule is Cc1nonc1C(=O)NCc1cn2ncc(CNC(=O)[C@@H]3CNC[C@H]3C(F)(F)F)cc2n1. The van der Waals surface area contributed by atoms with Crippen LogP contribution in [0, 0.1) is 18.8 Å². The highest BCUT2D eigenvalue weighted by Crippen LogP contribution is 2.34. The molecule has 3 aromatic rings. The molecule has 1 aliphatic rings. The van der Waals surface area contributed by atoms with Gasteiger partial charge in [0.1, 0.15) is 5.69 Å². The van der Waals surface area contributed by atoms with Gasteiger partial charge in [0.15, 0.2) is 11.3 Å². The first-order valence-electron chi connectivity index (χ1n) is 9.68. The summed E-state index contributed by atoms with van der Waals surface area (Å²) in [5.41, 5.74) is 1.99. The number of alkyl halides is 3. The highest BCUT2D eigenvalue weighted by Gasteiger charge is 2.49. The molecule has 0 aliphatic carbocycles. The van der Waals surface area contributed by atoms with E-state index in [2.05, 4.69) is 41.0 Å². The third-order valence-corrected chi connectivity index (χ3v) is 5.16. The molecule has 0 saturated carbocycles. The Hall–Kier alpha value is -3.55. The number of hydrogen-bond donors (Lipinski definition) is 3. The van der Waals surface area contributed by atoms with Crippen molar-refractivity contribution in [2.45, 2.75) is 26.2 Å². The molecule has 2 atom stereocenters. The van der Waals surface area contributed by atoms with Crippen LogP contribution in [0.2, 0.25) is 0 Å². The molecule has 4 rings (SSSR count). The molecule has 0 bridgehead atoms. The van der Waals surface area contributed by atoms with E-state index in [0.717, 1.165) is 0 Å². The first-order chi connectivity index (χ1) is 15.2. The van der Waals surface area contributed by atoms with Gasteiger partial charge in [0, 0.05) is 19.6 Å². The summed E-state index contributed by atoms with van der Waals surface area (Å²) in [5, 5.41) is 19.1. The van der Waals surface area contributed by atoms with Gasteiger partial charge < -0.3 is 16.0 Å². The van der Waals surface area contributed by atoms with Crippen LogP contribution < -0.4 is 16.0 Å². The average Bonchev–Trinajstić information content (AvgIpc) is 3.48. The van der Waals surface area contributed by atoms with E-state index < -0.39 is 29.8 Å². The van der Waals surface area contributed by atoms with Gasteiger partial charge in [-0.3, -0.25) is 9.59 Å². The fourth-order valence-electron chi connectivity index (χ4n) is 3.46. The second-order valence-corrected chi connectivity index (χ2v) is 7.41. The molecule has 32 heavy (non-hydrogen) atoms. The van der Waals surface area contributed by atoms with Gasteiger partial charge in [-0.25, -0.2) is 14.1 Å². The molecule has 2 amide bonds. The predicted molar refractivity (Wildman–Crippen MR) is 101 cm³/mol. The molecular weight excluding hydrogens is 433 g/mol. The molecule has 4 heterocycles. The van der Waals surface area contributed by atoms with Crippen molar-refractivity contribution in [2.75, 3.05) is 13.1 Å². The lowest BCUT2D eigenvalue weighted by molar-refractivity contribution is -0.182. The summed E-state index contributed by atoms with van der Waals surface area (Å²) in [6, 6.07) is 1.65. The van der Waals surface area contributed by atoms with Gasteiger partial charge in [-0.15, -0.1) is 0 Å². The van der Waals surface area contributed by atoms with Crippen LogP contribution in [0.1, 0.15) is 27.4 Å². The Balaban J connectivity index is 1.36. The van der Waals surface area contributed by atoms with E-state index in [0.29, 0.717) is 22.6 Å². The quantitative estimate of drug-likeness (QED) is 0.487. The normalized spacial score (nSPS) is 18.8. The lowest BCUT2D eigenvalue weighted by Crippen LogP contribution is -2.39. The summed E-state index contributed by atoms with van der Waals surface area (Å²) in [7, 11) is 0. The number of aromatic nitrogens is 5. The molecular formula is C18H19F3N8O3. The Morgan fingerprint density at radius 1 is 1.25 bits per heavy atom. The van der Waals surface area contributed by atoms with E-state index in [4.69, 9.17) is 0 Å². The monoisotopic (exact) mass is 452 g/mol. The number of amides is 2. The second-order valence-electron chi connectivity index (χ2n) is 7.41. The van der Waals surface area contributed by atoms with Gasteiger partial charge in [-0.1, -0.05) is 5.16 Å². The molecule has 0 radical (unpaired) electrons. The van der Waals surface area contributed by atoms with Crippen molar-refractivity contribution in [3.63, 3.8) is 0 Å². The Morgan fingerprint density at radius 2 is 2.06 bits per heavy atom. The molecule has 1 aliphatic heterocycles. The second kappa shape index (κ2) is 8.53. The maximum atomic E-state index is 13.0. The maximum absolute atomic E-state index is 13.0. The van der Waals surface area contributed by atoms with Crippen LogP contribution in [0.3, 0.4) is 0 Å². The smallest absolute Gasteiger partial charge is 0.352 e. The fraction of sp³-hybridized carbons (Fsp3) is 0.444. The summed E-state index contributed by atoms with van der Waals surface area (Å²) < 4.78 is 45.1. The van der Waals surface area contributed by atoms with E-state index in [-0.39, 0.29) is 31.9 Å². The molecule has 3 aromatic heterocycles. The van der Waals surface area contributed by atoms with Crippen LogP contribution in [0.4, 0.5) is 13.2 Å². The lowest BCUT2D eigenvalue weighted by atomic mass is 9.94. The van der Waals surface area contributed by atoms with Crippen molar-refractivity contribution in [2.24, 2.45) is 11.8 Å². The van der Waals surface area contributed by atoms with E-state index in [1.54, 1.807) is 19.2 Å². The summed E-state index contributed by atoms with van der Waals surface area (Å²) in [6.45, 7) is 1.42. The van der Waals surface area contributed by atoms with Gasteiger partial charge >= 0.3 is 6.18 Å². The molecule has 1 saturated heterocycles. The summed E-state index contributed by atoms with van der Waals surface area (Å²) in [5.74, 6) is -4.00. The molecule has 170 valence electrons. The van der Waals surface area contributed by atoms with Gasteiger partial charge in [-0.2, -0.15) is 18.3 Å². The first kappa shape index (κ1) is 21.7. The van der Waals surface area contributed by atoms with E-state index in [1.165, 1.54) is 10.7 Å². The fourth-order valence-corrected chi connectivity index (χ4v) is 3.46. The highest BCUT2D eigenvalue weighted by atomic mass is 19.4. The number of nitrogens with one attached hydrogen (secondary N) is 3. The van der Waals surface area contributed by atoms with Crippen molar-refractivity contribution < 1.29 is 27.4 Å². The van der Waals surface area contributed by atoms with Gasteiger partial charge in [0.2, 0.25) is 5.91 Å². The Morgan fingerprint density at radius 3 is 2.78 bits per heavy atom. The molecule has 1 fully saturated rings. The van der Waals surface area contributed by atoms with Gasteiger partial charge in [0.05, 0.1) is 36.5 Å². The number of hydrogen-bond acceptors (Lipinski definition) is 8. The van der Waals surface area contributed by atoms with E-state index in [9.17, 15) is 22.8 Å². The van der Waals surface area contributed by atoms with Crippen LogP contribution in [-0.4, -0.2) is 56.0 Å². The van der Waals surface area contributed by atoms with Crippen molar-refractivity contribution in [1.82, 2.24) is 40.9 Å². The Kier molecular flexibility index (Phi) is 5.78. The minimum Gasteiger partial charge on any atom is -0.352 e. The molecule has 14 heteroatoms. The van der Waals surface area contributed by atoms with Crippen LogP contribution in [0.25, 0.3) is 5.65 Å². The molecule has 0 unspecified atom stereocenters. The highest BCUT2D eigenvalue weighted by molar-refractivity contribution is 5.92. The van der Waals surface area contributed by atoms with Crippen LogP contribution in [0.15, 0.2) is 23.1 Å². The molecule has 3 N–H and O–H groups in total. The topological polar surface area (TPSA) is 139 Å². The minimum atomic E-state index is -4.43. The number of fused-ring (bicyclic) bond motifs is 1. The zero-order valence-electron chi connectivity index (χ0n) is 16.8. The Labute approximate surface area is 178 Å². The maximum Gasteiger partial charge on any atom is 0.393 e. The Bertz CT molecular complexity index is 1140. The van der Waals surface area contributed by atoms with Gasteiger partial charge in [0.25, 0.3) is 5.91 Å². The van der Waals surface area contributed by atoms with Crippen molar-refractivity contribution in [3.8, 4) is 0 Å². The standard InChI is InChI=1S/C18H19F3N8O3/c1-9-15(28-32-27-9)17(31)24-5-11-8-29-14(26-11)2-10(4-25-29)3-23-16(30)12-6-22-7-13(12)18(19,20)21/h2,4,8,12-13,22H,3,5-7H2,1H3,(H,23,30)(H,24,31)/t12-,13-/m1/s1. The number of nitrogens with zero attached hydrogens (tertiary/aromatic N) is 5. The summed E-state index contributed by atoms with van der Waals surface area (Å²) in [4.78, 5) is 28.7. The summed E-state index contributed by atoms with van der Waals surface area (Å²) in [6.07, 6.45) is -1.34.